The molecular weight excluding hydrogens is 374 g/mol. The van der Waals surface area contributed by atoms with Crippen LogP contribution in [0, 0.1) is 0 Å². The lowest BCUT2D eigenvalue weighted by Gasteiger charge is -2.29. The van der Waals surface area contributed by atoms with Crippen molar-refractivity contribution in [1.29, 1.82) is 0 Å². The Morgan fingerprint density at radius 3 is 2.48 bits per heavy atom. The highest BCUT2D eigenvalue weighted by atomic mass is 16.5. The first kappa shape index (κ1) is 21.0. The highest BCUT2D eigenvalue weighted by Crippen LogP contribution is 2.20. The van der Waals surface area contributed by atoms with Crippen molar-refractivity contribution in [2.24, 2.45) is 0 Å². The molecule has 1 aromatic rings. The number of carbonyl (C=O) groups excluding carboxylic acids is 2. The van der Waals surface area contributed by atoms with Crippen molar-refractivity contribution >= 4 is 29.8 Å². The number of urea groups is 1. The second kappa shape index (κ2) is 9.66. The Bertz CT molecular complexity index is 773. The molecule has 1 aromatic heterocycles. The molecule has 0 spiro atoms. The van der Waals surface area contributed by atoms with Gasteiger partial charge < -0.3 is 24.8 Å². The van der Waals surface area contributed by atoms with Gasteiger partial charge in [0.15, 0.2) is 0 Å². The van der Waals surface area contributed by atoms with Gasteiger partial charge in [-0.05, 0) is 19.2 Å². The van der Waals surface area contributed by atoms with Crippen LogP contribution < -0.4 is 20.4 Å². The summed E-state index contributed by atoms with van der Waals surface area (Å²) in [7, 11) is 1.96. The summed E-state index contributed by atoms with van der Waals surface area (Å²) < 4.78 is 5.44. The number of rotatable bonds is 8. The number of imide groups is 1. The molecule has 2 aliphatic heterocycles. The van der Waals surface area contributed by atoms with Gasteiger partial charge in [-0.1, -0.05) is 13.8 Å². The molecule has 3 amide bonds. The Morgan fingerprint density at radius 2 is 1.86 bits per heavy atom. The number of amides is 3. The van der Waals surface area contributed by atoms with Gasteiger partial charge in [-0.2, -0.15) is 4.98 Å². The molecule has 158 valence electrons. The number of aromatic nitrogens is 2. The normalized spacial score (nSPS) is 18.3. The fraction of sp³-hybridized carbons (Fsp3) is 0.579. The standard InChI is InChI=1S/C19H29N7O3/c1-4-25(5-2)7-6-24(3)18-20-14(12-15-17(27)23-19(28)21-15)13-16(22-18)26-8-10-29-11-9-26/h12-13H,4-11H2,1-3H3,(H2,21,23,27,28)/b15-12+. The summed E-state index contributed by atoms with van der Waals surface area (Å²) in [6.45, 7) is 10.7. The molecule has 3 rings (SSSR count). The molecule has 29 heavy (non-hydrogen) atoms. The van der Waals surface area contributed by atoms with E-state index in [1.165, 1.54) is 0 Å². The van der Waals surface area contributed by atoms with Crippen LogP contribution in [0.2, 0.25) is 0 Å². The maximum absolute atomic E-state index is 11.9. The van der Waals surface area contributed by atoms with Crippen molar-refractivity contribution in [3.05, 3.63) is 17.5 Å². The fourth-order valence-corrected chi connectivity index (χ4v) is 3.20. The zero-order chi connectivity index (χ0) is 20.8. The number of ether oxygens (including phenoxy) is 1. The van der Waals surface area contributed by atoms with Gasteiger partial charge in [-0.25, -0.2) is 9.78 Å². The number of carbonyl (C=O) groups is 2. The first-order valence-corrected chi connectivity index (χ1v) is 9.99. The third-order valence-electron chi connectivity index (χ3n) is 5.06. The average molecular weight is 403 g/mol. The molecule has 0 aromatic carbocycles. The minimum absolute atomic E-state index is 0.179. The average Bonchev–Trinajstić information content (AvgIpc) is 3.05. The van der Waals surface area contributed by atoms with E-state index in [2.05, 4.69) is 39.3 Å². The lowest BCUT2D eigenvalue weighted by molar-refractivity contribution is -0.115. The van der Waals surface area contributed by atoms with E-state index in [4.69, 9.17) is 9.72 Å². The molecule has 0 unspecified atom stereocenters. The zero-order valence-electron chi connectivity index (χ0n) is 17.3. The molecule has 0 saturated carbocycles. The number of morpholine rings is 1. The Labute approximate surface area is 170 Å². The van der Waals surface area contributed by atoms with E-state index < -0.39 is 11.9 Å². The summed E-state index contributed by atoms with van der Waals surface area (Å²) >= 11 is 0. The maximum atomic E-state index is 11.9. The van der Waals surface area contributed by atoms with Gasteiger partial charge in [0.1, 0.15) is 11.5 Å². The van der Waals surface area contributed by atoms with Crippen molar-refractivity contribution < 1.29 is 14.3 Å². The summed E-state index contributed by atoms with van der Waals surface area (Å²) in [5, 5.41) is 4.71. The molecule has 0 radical (unpaired) electrons. The van der Waals surface area contributed by atoms with Crippen LogP contribution in [0.25, 0.3) is 6.08 Å². The molecule has 2 N–H and O–H groups in total. The van der Waals surface area contributed by atoms with Gasteiger partial charge in [-0.3, -0.25) is 10.1 Å². The molecule has 0 aliphatic carbocycles. The van der Waals surface area contributed by atoms with E-state index >= 15 is 0 Å². The summed E-state index contributed by atoms with van der Waals surface area (Å²) in [5.74, 6) is 0.903. The molecule has 2 fully saturated rings. The van der Waals surface area contributed by atoms with E-state index in [0.717, 1.165) is 45.1 Å². The van der Waals surface area contributed by atoms with Gasteiger partial charge in [-0.15, -0.1) is 0 Å². The Kier molecular flexibility index (Phi) is 6.99. The number of likely N-dealkylation sites (N-methyl/N-ethyl adjacent to an activating group) is 2. The summed E-state index contributed by atoms with van der Waals surface area (Å²) in [4.78, 5) is 39.1. The van der Waals surface area contributed by atoms with Crippen molar-refractivity contribution in [3.63, 3.8) is 0 Å². The Hall–Kier alpha value is -2.72. The van der Waals surface area contributed by atoms with Crippen molar-refractivity contribution in [3.8, 4) is 0 Å². The predicted octanol–water partition coefficient (Wildman–Crippen LogP) is 0.272. The molecule has 10 nitrogen and oxygen atoms in total. The molecule has 0 atom stereocenters. The van der Waals surface area contributed by atoms with E-state index in [0.29, 0.717) is 24.9 Å². The lowest BCUT2D eigenvalue weighted by Crippen LogP contribution is -2.37. The van der Waals surface area contributed by atoms with E-state index in [-0.39, 0.29) is 5.70 Å². The molecule has 0 bridgehead atoms. The second-order valence-corrected chi connectivity index (χ2v) is 6.97. The summed E-state index contributed by atoms with van der Waals surface area (Å²) in [6.07, 6.45) is 1.58. The minimum atomic E-state index is -0.528. The Morgan fingerprint density at radius 1 is 1.14 bits per heavy atom. The maximum Gasteiger partial charge on any atom is 0.326 e. The van der Waals surface area contributed by atoms with Gasteiger partial charge in [0.2, 0.25) is 5.95 Å². The largest absolute Gasteiger partial charge is 0.378 e. The van der Waals surface area contributed by atoms with Crippen LogP contribution in [0.1, 0.15) is 19.5 Å². The van der Waals surface area contributed by atoms with Crippen molar-refractivity contribution in [1.82, 2.24) is 25.5 Å². The first-order chi connectivity index (χ1) is 14.0. The smallest absolute Gasteiger partial charge is 0.326 e. The monoisotopic (exact) mass is 403 g/mol. The van der Waals surface area contributed by atoms with Crippen LogP contribution in [0.15, 0.2) is 11.8 Å². The number of hydrogen-bond donors (Lipinski definition) is 2. The minimum Gasteiger partial charge on any atom is -0.378 e. The van der Waals surface area contributed by atoms with Crippen LogP contribution >= 0.6 is 0 Å². The molecule has 2 saturated heterocycles. The zero-order valence-corrected chi connectivity index (χ0v) is 17.3. The SMILES string of the molecule is CCN(CC)CCN(C)c1nc(/C=C2/NC(=O)NC2=O)cc(N2CCOCC2)n1. The van der Waals surface area contributed by atoms with E-state index in [1.54, 1.807) is 6.08 Å². The van der Waals surface area contributed by atoms with Gasteiger partial charge in [0.25, 0.3) is 5.91 Å². The van der Waals surface area contributed by atoms with Gasteiger partial charge in [0.05, 0.1) is 18.9 Å². The first-order valence-electron chi connectivity index (χ1n) is 9.99. The van der Waals surface area contributed by atoms with E-state index in [9.17, 15) is 9.59 Å². The topological polar surface area (TPSA) is 103 Å². The Balaban J connectivity index is 1.87. The number of nitrogens with one attached hydrogen (secondary N) is 2. The van der Waals surface area contributed by atoms with Gasteiger partial charge >= 0.3 is 6.03 Å². The summed E-state index contributed by atoms with van der Waals surface area (Å²) in [5.41, 5.74) is 0.747. The third-order valence-corrected chi connectivity index (χ3v) is 5.06. The van der Waals surface area contributed by atoms with Crippen LogP contribution in [0.4, 0.5) is 16.6 Å². The van der Waals surface area contributed by atoms with Crippen LogP contribution in [0.3, 0.4) is 0 Å². The van der Waals surface area contributed by atoms with E-state index in [1.807, 2.05) is 18.0 Å². The van der Waals surface area contributed by atoms with Crippen LogP contribution in [0.5, 0.6) is 0 Å². The number of anilines is 2. The highest BCUT2D eigenvalue weighted by molar-refractivity contribution is 6.13. The van der Waals surface area contributed by atoms with Gasteiger partial charge in [0, 0.05) is 39.3 Å². The number of hydrogen-bond acceptors (Lipinski definition) is 8. The second-order valence-electron chi connectivity index (χ2n) is 6.97. The molecular formula is C19H29N7O3. The molecule has 10 heteroatoms. The molecule has 3 heterocycles. The lowest BCUT2D eigenvalue weighted by atomic mass is 10.3. The van der Waals surface area contributed by atoms with Crippen LogP contribution in [-0.4, -0.2) is 86.3 Å². The van der Waals surface area contributed by atoms with Crippen LogP contribution in [-0.2, 0) is 9.53 Å². The number of nitrogens with zero attached hydrogens (tertiary/aromatic N) is 5. The fourth-order valence-electron chi connectivity index (χ4n) is 3.20. The third kappa shape index (κ3) is 5.42. The van der Waals surface area contributed by atoms with Crippen molar-refractivity contribution in [2.45, 2.75) is 13.8 Å². The predicted molar refractivity (Wildman–Crippen MR) is 111 cm³/mol. The quantitative estimate of drug-likeness (QED) is 0.471. The molecule has 2 aliphatic rings. The summed E-state index contributed by atoms with van der Waals surface area (Å²) in [6, 6.07) is 1.30. The highest BCUT2D eigenvalue weighted by Gasteiger charge is 2.24. The van der Waals surface area contributed by atoms with Crippen molar-refractivity contribution in [2.75, 3.05) is 69.3 Å².